The minimum absolute atomic E-state index is 0.0658. The van der Waals surface area contributed by atoms with E-state index in [0.29, 0.717) is 6.61 Å². The molecular formula is C20H19BrO2. The monoisotopic (exact) mass is 370 g/mol. The van der Waals surface area contributed by atoms with E-state index in [-0.39, 0.29) is 4.83 Å². The van der Waals surface area contributed by atoms with Crippen molar-refractivity contribution in [1.29, 1.82) is 0 Å². The zero-order valence-corrected chi connectivity index (χ0v) is 14.6. The SMILES string of the molecule is COC1(OCc2ccccc2)C(c2ccccc2)=CC=CC1Br. The molecule has 0 saturated carbocycles. The van der Waals surface area contributed by atoms with Crippen molar-refractivity contribution in [2.45, 2.75) is 17.2 Å². The van der Waals surface area contributed by atoms with Crippen molar-refractivity contribution in [2.75, 3.05) is 7.11 Å². The Morgan fingerprint density at radius 2 is 1.65 bits per heavy atom. The van der Waals surface area contributed by atoms with Gasteiger partial charge in [-0.05, 0) is 11.1 Å². The number of allylic oxidation sites excluding steroid dienone is 2. The highest BCUT2D eigenvalue weighted by Crippen LogP contribution is 2.41. The third-order valence-corrected chi connectivity index (χ3v) is 4.87. The molecule has 0 N–H and O–H groups in total. The van der Waals surface area contributed by atoms with Crippen LogP contribution in [0.1, 0.15) is 11.1 Å². The van der Waals surface area contributed by atoms with E-state index in [4.69, 9.17) is 9.47 Å². The quantitative estimate of drug-likeness (QED) is 0.546. The topological polar surface area (TPSA) is 18.5 Å². The highest BCUT2D eigenvalue weighted by atomic mass is 79.9. The van der Waals surface area contributed by atoms with Gasteiger partial charge < -0.3 is 9.47 Å². The molecule has 2 atom stereocenters. The first-order chi connectivity index (χ1) is 11.3. The third kappa shape index (κ3) is 3.32. The fourth-order valence-corrected chi connectivity index (χ4v) is 3.50. The second-order valence-electron chi connectivity index (χ2n) is 5.38. The van der Waals surface area contributed by atoms with Crippen molar-refractivity contribution >= 4 is 21.5 Å². The predicted octanol–water partition coefficient (Wildman–Crippen LogP) is 4.96. The van der Waals surface area contributed by atoms with Crippen LogP contribution < -0.4 is 0 Å². The molecule has 118 valence electrons. The number of ether oxygens (including phenoxy) is 2. The number of methoxy groups -OCH3 is 1. The molecule has 1 aliphatic carbocycles. The average molecular weight is 371 g/mol. The van der Waals surface area contributed by atoms with Crippen LogP contribution in [-0.2, 0) is 16.1 Å². The Morgan fingerprint density at radius 3 is 2.30 bits per heavy atom. The molecule has 0 fully saturated rings. The van der Waals surface area contributed by atoms with Gasteiger partial charge in [-0.3, -0.25) is 0 Å². The van der Waals surface area contributed by atoms with Crippen molar-refractivity contribution in [1.82, 2.24) is 0 Å². The molecule has 0 aliphatic heterocycles. The molecule has 0 saturated heterocycles. The van der Waals surface area contributed by atoms with Crippen LogP contribution in [0.25, 0.3) is 5.57 Å². The van der Waals surface area contributed by atoms with E-state index in [1.807, 2.05) is 48.6 Å². The van der Waals surface area contributed by atoms with Crippen LogP contribution in [0.3, 0.4) is 0 Å². The summed E-state index contributed by atoms with van der Waals surface area (Å²) in [6.45, 7) is 0.481. The lowest BCUT2D eigenvalue weighted by Crippen LogP contribution is -2.45. The number of halogens is 1. The van der Waals surface area contributed by atoms with Crippen LogP contribution in [0.2, 0.25) is 0 Å². The molecule has 0 aromatic heterocycles. The van der Waals surface area contributed by atoms with Gasteiger partial charge in [-0.1, -0.05) is 94.8 Å². The Labute approximate surface area is 145 Å². The first-order valence-electron chi connectivity index (χ1n) is 7.58. The maximum Gasteiger partial charge on any atom is 0.212 e. The molecule has 0 radical (unpaired) electrons. The summed E-state index contributed by atoms with van der Waals surface area (Å²) in [7, 11) is 1.69. The highest BCUT2D eigenvalue weighted by Gasteiger charge is 2.43. The van der Waals surface area contributed by atoms with Crippen LogP contribution in [-0.4, -0.2) is 17.7 Å². The lowest BCUT2D eigenvalue weighted by molar-refractivity contribution is -0.180. The summed E-state index contributed by atoms with van der Waals surface area (Å²) in [6, 6.07) is 20.3. The zero-order valence-electron chi connectivity index (χ0n) is 13.0. The van der Waals surface area contributed by atoms with Gasteiger partial charge in [0.2, 0.25) is 5.79 Å². The summed E-state index contributed by atoms with van der Waals surface area (Å²) in [6.07, 6.45) is 6.13. The third-order valence-electron chi connectivity index (χ3n) is 3.97. The molecule has 2 aromatic rings. The molecule has 1 aliphatic rings. The molecule has 3 rings (SSSR count). The largest absolute Gasteiger partial charge is 0.348 e. The smallest absolute Gasteiger partial charge is 0.212 e. The van der Waals surface area contributed by atoms with Crippen molar-refractivity contribution < 1.29 is 9.47 Å². The van der Waals surface area contributed by atoms with E-state index in [1.165, 1.54) is 0 Å². The number of hydrogen-bond acceptors (Lipinski definition) is 2. The van der Waals surface area contributed by atoms with Crippen molar-refractivity contribution in [3.63, 3.8) is 0 Å². The van der Waals surface area contributed by atoms with Crippen LogP contribution >= 0.6 is 15.9 Å². The number of hydrogen-bond donors (Lipinski definition) is 0. The van der Waals surface area contributed by atoms with Crippen molar-refractivity contribution in [3.05, 3.63) is 90.0 Å². The summed E-state index contributed by atoms with van der Waals surface area (Å²) < 4.78 is 12.2. The van der Waals surface area contributed by atoms with E-state index in [9.17, 15) is 0 Å². The van der Waals surface area contributed by atoms with Gasteiger partial charge >= 0.3 is 0 Å². The van der Waals surface area contributed by atoms with Crippen LogP contribution in [0.4, 0.5) is 0 Å². The second-order valence-corrected chi connectivity index (χ2v) is 6.37. The molecule has 2 nitrogen and oxygen atoms in total. The van der Waals surface area contributed by atoms with E-state index >= 15 is 0 Å². The zero-order chi connectivity index (χ0) is 16.1. The van der Waals surface area contributed by atoms with Gasteiger partial charge in [-0.25, -0.2) is 0 Å². The van der Waals surface area contributed by atoms with Gasteiger partial charge in [0, 0.05) is 12.7 Å². The molecule has 0 amide bonds. The summed E-state index contributed by atoms with van der Waals surface area (Å²) in [5.41, 5.74) is 3.22. The first kappa shape index (κ1) is 16.2. The van der Waals surface area contributed by atoms with Gasteiger partial charge in [-0.15, -0.1) is 0 Å². The van der Waals surface area contributed by atoms with E-state index in [2.05, 4.69) is 46.3 Å². The molecule has 0 spiro atoms. The summed E-state index contributed by atoms with van der Waals surface area (Å²) in [4.78, 5) is -0.0658. The van der Waals surface area contributed by atoms with Gasteiger partial charge in [0.15, 0.2) is 0 Å². The normalized spacial score (nSPS) is 23.6. The Hall–Kier alpha value is -1.68. The van der Waals surface area contributed by atoms with Crippen molar-refractivity contribution in [3.8, 4) is 0 Å². The number of rotatable bonds is 5. The van der Waals surface area contributed by atoms with E-state index in [0.717, 1.165) is 16.7 Å². The van der Waals surface area contributed by atoms with Crippen molar-refractivity contribution in [2.24, 2.45) is 0 Å². The fraction of sp³-hybridized carbons (Fsp3) is 0.200. The van der Waals surface area contributed by atoms with Crippen LogP contribution in [0.5, 0.6) is 0 Å². The lowest BCUT2D eigenvalue weighted by Gasteiger charge is -2.39. The standard InChI is InChI=1S/C20H19BrO2/c1-22-20(23-15-16-9-4-2-5-10-16)18(13-8-14-19(20)21)17-11-6-3-7-12-17/h2-14,19H,15H2,1H3. The minimum atomic E-state index is -0.855. The predicted molar refractivity (Wildman–Crippen MR) is 97.2 cm³/mol. The first-order valence-corrected chi connectivity index (χ1v) is 8.49. The maximum atomic E-state index is 6.30. The van der Waals surface area contributed by atoms with Gasteiger partial charge in [0.25, 0.3) is 0 Å². The molecule has 0 heterocycles. The second kappa shape index (κ2) is 7.26. The van der Waals surface area contributed by atoms with E-state index < -0.39 is 5.79 Å². The van der Waals surface area contributed by atoms with Gasteiger partial charge in [0.05, 0.1) is 11.4 Å². The summed E-state index contributed by atoms with van der Waals surface area (Å²) >= 11 is 3.71. The molecule has 23 heavy (non-hydrogen) atoms. The van der Waals surface area contributed by atoms with Crippen LogP contribution in [0, 0.1) is 0 Å². The van der Waals surface area contributed by atoms with Crippen LogP contribution in [0.15, 0.2) is 78.9 Å². The molecule has 2 unspecified atom stereocenters. The minimum Gasteiger partial charge on any atom is -0.348 e. The maximum absolute atomic E-state index is 6.30. The Balaban J connectivity index is 1.93. The summed E-state index contributed by atoms with van der Waals surface area (Å²) in [5.74, 6) is -0.855. The van der Waals surface area contributed by atoms with E-state index in [1.54, 1.807) is 7.11 Å². The molecular weight excluding hydrogens is 352 g/mol. The molecule has 2 aromatic carbocycles. The molecule has 0 bridgehead atoms. The Morgan fingerprint density at radius 1 is 1.00 bits per heavy atom. The number of alkyl halides is 1. The lowest BCUT2D eigenvalue weighted by atomic mass is 9.91. The fourth-order valence-electron chi connectivity index (χ4n) is 2.76. The molecule has 3 heteroatoms. The summed E-state index contributed by atoms with van der Waals surface area (Å²) in [5, 5.41) is 0. The number of benzene rings is 2. The Bertz CT molecular complexity index is 694. The highest BCUT2D eigenvalue weighted by molar-refractivity contribution is 9.09. The van der Waals surface area contributed by atoms with Gasteiger partial charge in [0.1, 0.15) is 0 Å². The average Bonchev–Trinajstić information content (AvgIpc) is 2.62. The van der Waals surface area contributed by atoms with Gasteiger partial charge in [-0.2, -0.15) is 0 Å². The Kier molecular flexibility index (Phi) is 5.11.